The van der Waals surface area contributed by atoms with Gasteiger partial charge < -0.3 is 0 Å². The molecule has 2 aliphatic carbocycles. The highest BCUT2D eigenvalue weighted by molar-refractivity contribution is 6.30. The number of halogens is 2. The summed E-state index contributed by atoms with van der Waals surface area (Å²) in [5, 5.41) is 2.95. The van der Waals surface area contributed by atoms with Crippen LogP contribution in [0.4, 0.5) is 4.39 Å². The SMILES string of the molecule is CC.CCC1c2cc(Cl)ccc2-c2c(C)nc3c(c2-c2ccccc2-c2ccccc2F)=CC1CC=3. The van der Waals surface area contributed by atoms with Crippen LogP contribution in [0.5, 0.6) is 0 Å². The molecule has 6 rings (SSSR count). The standard InChI is InChI=1S/C31H25ClFN.C2H6/c1-3-21-19-12-15-29-27(16-19)31(30(18(2)34-29)25-14-13-20(32)17-26(21)25)24-10-5-4-8-22(24)23-9-6-7-11-28(23)33;1-2/h4-11,13-17,19,21H,3,12H2,1-2H3;1-2H3. The number of benzene rings is 3. The van der Waals surface area contributed by atoms with Gasteiger partial charge in [0.25, 0.3) is 0 Å². The maximum Gasteiger partial charge on any atom is 0.131 e. The fraction of sp³-hybridized carbons (Fsp3) is 0.242. The van der Waals surface area contributed by atoms with Crippen molar-refractivity contribution < 1.29 is 4.39 Å². The van der Waals surface area contributed by atoms with E-state index in [1.165, 1.54) is 22.4 Å². The lowest BCUT2D eigenvalue weighted by Gasteiger charge is -2.32. The summed E-state index contributed by atoms with van der Waals surface area (Å²) in [6.45, 7) is 8.35. The van der Waals surface area contributed by atoms with Crippen molar-refractivity contribution in [2.75, 3.05) is 0 Å². The molecule has 0 N–H and O–H groups in total. The molecule has 36 heavy (non-hydrogen) atoms. The van der Waals surface area contributed by atoms with Crippen LogP contribution in [-0.2, 0) is 0 Å². The molecule has 0 saturated carbocycles. The van der Waals surface area contributed by atoms with Crippen molar-refractivity contribution >= 4 is 23.8 Å². The Hall–Kier alpha value is -3.23. The van der Waals surface area contributed by atoms with Gasteiger partial charge in [-0.05, 0) is 72.1 Å². The van der Waals surface area contributed by atoms with E-state index in [-0.39, 0.29) is 5.82 Å². The Morgan fingerprint density at radius 1 is 0.889 bits per heavy atom. The number of pyridine rings is 1. The average Bonchev–Trinajstić information content (AvgIpc) is 2.90. The lowest BCUT2D eigenvalue weighted by molar-refractivity contribution is 0.525. The van der Waals surface area contributed by atoms with Gasteiger partial charge in [0.15, 0.2) is 0 Å². The lowest BCUT2D eigenvalue weighted by atomic mass is 9.73. The molecule has 4 aromatic rings. The van der Waals surface area contributed by atoms with Crippen molar-refractivity contribution in [3.05, 3.63) is 99.4 Å². The fourth-order valence-corrected chi connectivity index (χ4v) is 6.10. The lowest BCUT2D eigenvalue weighted by Crippen LogP contribution is -2.37. The highest BCUT2D eigenvalue weighted by Gasteiger charge is 2.30. The van der Waals surface area contributed by atoms with E-state index in [4.69, 9.17) is 16.6 Å². The van der Waals surface area contributed by atoms with Crippen molar-refractivity contribution in [2.24, 2.45) is 5.92 Å². The summed E-state index contributed by atoms with van der Waals surface area (Å²) in [5.41, 5.74) is 8.26. The molecule has 2 aliphatic rings. The van der Waals surface area contributed by atoms with Crippen LogP contribution in [0.2, 0.25) is 5.02 Å². The minimum atomic E-state index is -0.213. The van der Waals surface area contributed by atoms with Crippen LogP contribution >= 0.6 is 11.6 Å². The third-order valence-corrected chi connectivity index (χ3v) is 7.64. The number of rotatable bonds is 3. The molecule has 1 nitrogen and oxygen atoms in total. The Bertz CT molecular complexity index is 1570. The highest BCUT2D eigenvalue weighted by atomic mass is 35.5. The summed E-state index contributed by atoms with van der Waals surface area (Å²) >= 11 is 6.52. The van der Waals surface area contributed by atoms with Gasteiger partial charge in [0, 0.05) is 32.6 Å². The number of aromatic nitrogens is 1. The summed E-state index contributed by atoms with van der Waals surface area (Å²) in [5.74, 6) is 0.535. The van der Waals surface area contributed by atoms with Crippen molar-refractivity contribution in [3.8, 4) is 33.4 Å². The zero-order valence-corrected chi connectivity index (χ0v) is 22.0. The molecule has 0 fully saturated rings. The summed E-state index contributed by atoms with van der Waals surface area (Å²) < 4.78 is 15.0. The molecule has 1 heterocycles. The number of hydrogen-bond donors (Lipinski definition) is 0. The van der Waals surface area contributed by atoms with E-state index in [1.807, 2.05) is 50.2 Å². The van der Waals surface area contributed by atoms with Crippen LogP contribution in [0, 0.1) is 18.7 Å². The van der Waals surface area contributed by atoms with Crippen molar-refractivity contribution in [3.63, 3.8) is 0 Å². The van der Waals surface area contributed by atoms with Crippen LogP contribution in [0.1, 0.15) is 50.8 Å². The topological polar surface area (TPSA) is 12.9 Å². The van der Waals surface area contributed by atoms with Crippen molar-refractivity contribution in [1.29, 1.82) is 0 Å². The quantitative estimate of drug-likeness (QED) is 0.278. The van der Waals surface area contributed by atoms with Gasteiger partial charge in [0.2, 0.25) is 0 Å². The van der Waals surface area contributed by atoms with Gasteiger partial charge in [-0.2, -0.15) is 0 Å². The highest BCUT2D eigenvalue weighted by Crippen LogP contribution is 2.45. The van der Waals surface area contributed by atoms with Crippen LogP contribution in [-0.4, -0.2) is 4.98 Å². The maximum absolute atomic E-state index is 15.0. The molecule has 182 valence electrons. The summed E-state index contributed by atoms with van der Waals surface area (Å²) in [6, 6.07) is 21.4. The summed E-state index contributed by atoms with van der Waals surface area (Å²) in [4.78, 5) is 5.04. The third kappa shape index (κ3) is 3.98. The van der Waals surface area contributed by atoms with Gasteiger partial charge >= 0.3 is 0 Å². The van der Waals surface area contributed by atoms with Gasteiger partial charge in [-0.3, -0.25) is 4.98 Å². The Labute approximate surface area is 218 Å². The first kappa shape index (κ1) is 24.5. The molecule has 0 radical (unpaired) electrons. The normalized spacial score (nSPS) is 17.1. The maximum atomic E-state index is 15.0. The molecule has 0 amide bonds. The fourth-order valence-electron chi connectivity index (χ4n) is 5.92. The first-order chi connectivity index (χ1) is 17.6. The van der Waals surface area contributed by atoms with Crippen LogP contribution in [0.3, 0.4) is 0 Å². The first-order valence-corrected chi connectivity index (χ1v) is 13.3. The smallest absolute Gasteiger partial charge is 0.131 e. The minimum Gasteiger partial charge on any atom is -0.253 e. The van der Waals surface area contributed by atoms with E-state index in [2.05, 4.69) is 44.2 Å². The molecule has 2 atom stereocenters. The molecule has 0 saturated heterocycles. The van der Waals surface area contributed by atoms with E-state index in [1.54, 1.807) is 6.07 Å². The zero-order chi connectivity index (χ0) is 25.4. The molecule has 3 aromatic carbocycles. The Morgan fingerprint density at radius 3 is 2.31 bits per heavy atom. The van der Waals surface area contributed by atoms with Gasteiger partial charge in [-0.1, -0.05) is 93.1 Å². The van der Waals surface area contributed by atoms with Crippen molar-refractivity contribution in [1.82, 2.24) is 4.98 Å². The van der Waals surface area contributed by atoms with Crippen LogP contribution < -0.4 is 10.6 Å². The van der Waals surface area contributed by atoms with Gasteiger partial charge in [0.05, 0.1) is 5.35 Å². The molecule has 1 aromatic heterocycles. The molecule has 3 bridgehead atoms. The molecule has 0 aliphatic heterocycles. The number of fused-ring (bicyclic) bond motifs is 4. The average molecular weight is 496 g/mol. The second-order valence-electron chi connectivity index (χ2n) is 9.29. The predicted molar refractivity (Wildman–Crippen MR) is 151 cm³/mol. The Balaban J connectivity index is 0.00000130. The summed E-state index contributed by atoms with van der Waals surface area (Å²) in [6.07, 6.45) is 6.69. The number of hydrogen-bond acceptors (Lipinski definition) is 1. The van der Waals surface area contributed by atoms with Crippen molar-refractivity contribution in [2.45, 2.75) is 46.5 Å². The van der Waals surface area contributed by atoms with E-state index in [0.29, 0.717) is 17.4 Å². The van der Waals surface area contributed by atoms with E-state index in [0.717, 1.165) is 51.2 Å². The van der Waals surface area contributed by atoms with Crippen LogP contribution in [0.15, 0.2) is 66.7 Å². The van der Waals surface area contributed by atoms with Gasteiger partial charge in [-0.15, -0.1) is 0 Å². The van der Waals surface area contributed by atoms with Crippen LogP contribution in [0.25, 0.3) is 45.5 Å². The van der Waals surface area contributed by atoms with E-state index >= 15 is 0 Å². The molecule has 0 spiro atoms. The molecule has 3 heteroatoms. The molecule has 2 unspecified atom stereocenters. The largest absolute Gasteiger partial charge is 0.253 e. The zero-order valence-electron chi connectivity index (χ0n) is 21.3. The predicted octanol–water partition coefficient (Wildman–Crippen LogP) is 8.30. The Morgan fingerprint density at radius 2 is 1.58 bits per heavy atom. The third-order valence-electron chi connectivity index (χ3n) is 7.41. The second kappa shape index (κ2) is 10.0. The molecular weight excluding hydrogens is 465 g/mol. The second-order valence-corrected chi connectivity index (χ2v) is 9.72. The monoisotopic (exact) mass is 495 g/mol. The summed E-state index contributed by atoms with van der Waals surface area (Å²) in [7, 11) is 0. The first-order valence-electron chi connectivity index (χ1n) is 12.9. The van der Waals surface area contributed by atoms with E-state index < -0.39 is 0 Å². The van der Waals surface area contributed by atoms with Gasteiger partial charge in [0.1, 0.15) is 5.82 Å². The Kier molecular flexibility index (Phi) is 6.81. The molecular formula is C33H31ClFN. The number of aryl methyl sites for hydroxylation is 1. The van der Waals surface area contributed by atoms with E-state index in [9.17, 15) is 4.39 Å². The minimum absolute atomic E-state index is 0.213. The van der Waals surface area contributed by atoms with Gasteiger partial charge in [-0.25, -0.2) is 4.39 Å². The number of nitrogens with zero attached hydrogens (tertiary/aromatic N) is 1.